The van der Waals surface area contributed by atoms with Gasteiger partial charge in [-0.3, -0.25) is 10.1 Å². The molecule has 0 radical (unpaired) electrons. The van der Waals surface area contributed by atoms with Gasteiger partial charge < -0.3 is 30.9 Å². The van der Waals surface area contributed by atoms with E-state index in [2.05, 4.69) is 20.6 Å². The van der Waals surface area contributed by atoms with Crippen molar-refractivity contribution in [3.63, 3.8) is 0 Å². The maximum absolute atomic E-state index is 11.3. The van der Waals surface area contributed by atoms with Crippen LogP contribution in [0.5, 0.6) is 5.75 Å². The molecule has 0 amide bonds. The standard InChI is InChI=1S/C15H20N6O5/c1-25-11-4-2-10(3-5-11)18-14-12(21(23)24)13(16)19-15(20-14)17-6-8-26-9-7-22/h2-5,22H,6-9H2,1H3,(H4,16,17,18,19,20). The van der Waals surface area contributed by atoms with E-state index in [1.54, 1.807) is 31.4 Å². The number of rotatable bonds is 10. The number of nitro groups is 1. The highest BCUT2D eigenvalue weighted by Gasteiger charge is 2.23. The van der Waals surface area contributed by atoms with Crippen molar-refractivity contribution in [2.45, 2.75) is 0 Å². The molecule has 0 aliphatic heterocycles. The average Bonchev–Trinajstić information content (AvgIpc) is 2.61. The topological polar surface area (TPSA) is 158 Å². The van der Waals surface area contributed by atoms with E-state index in [4.69, 9.17) is 20.3 Å². The van der Waals surface area contributed by atoms with Gasteiger partial charge in [0.2, 0.25) is 17.6 Å². The summed E-state index contributed by atoms with van der Waals surface area (Å²) in [5.41, 5.74) is 5.88. The number of hydrogen-bond donors (Lipinski definition) is 4. The number of anilines is 4. The quantitative estimate of drug-likeness (QED) is 0.273. The highest BCUT2D eigenvalue weighted by Crippen LogP contribution is 2.31. The van der Waals surface area contributed by atoms with Gasteiger partial charge in [0, 0.05) is 12.2 Å². The highest BCUT2D eigenvalue weighted by molar-refractivity contribution is 5.74. The van der Waals surface area contributed by atoms with Crippen molar-refractivity contribution < 1.29 is 19.5 Å². The molecule has 0 unspecified atom stereocenters. The Bertz CT molecular complexity index is 740. The first-order chi connectivity index (χ1) is 12.5. The predicted octanol–water partition coefficient (Wildman–Crippen LogP) is 1.14. The van der Waals surface area contributed by atoms with Gasteiger partial charge in [0.15, 0.2) is 0 Å². The first kappa shape index (κ1) is 19.1. The molecule has 0 atom stereocenters. The second-order valence-corrected chi connectivity index (χ2v) is 5.00. The van der Waals surface area contributed by atoms with Crippen LogP contribution in [0, 0.1) is 10.1 Å². The Labute approximate surface area is 149 Å². The number of aliphatic hydroxyl groups excluding tert-OH is 1. The summed E-state index contributed by atoms with van der Waals surface area (Å²) < 4.78 is 10.2. The van der Waals surface area contributed by atoms with Gasteiger partial charge in [0.05, 0.1) is 31.9 Å². The van der Waals surface area contributed by atoms with Crippen LogP contribution in [0.1, 0.15) is 0 Å². The largest absolute Gasteiger partial charge is 0.497 e. The third kappa shape index (κ3) is 5.16. The number of aliphatic hydroxyl groups is 1. The van der Waals surface area contributed by atoms with E-state index in [1.165, 1.54) is 0 Å². The van der Waals surface area contributed by atoms with Crippen molar-refractivity contribution in [1.29, 1.82) is 0 Å². The zero-order valence-corrected chi connectivity index (χ0v) is 14.1. The fourth-order valence-corrected chi connectivity index (χ4v) is 2.03. The number of aromatic nitrogens is 2. The number of nitrogens with one attached hydrogen (secondary N) is 2. The predicted molar refractivity (Wildman–Crippen MR) is 95.8 cm³/mol. The van der Waals surface area contributed by atoms with E-state index in [0.717, 1.165) is 0 Å². The smallest absolute Gasteiger partial charge is 0.353 e. The van der Waals surface area contributed by atoms with Crippen molar-refractivity contribution in [3.8, 4) is 5.75 Å². The molecule has 0 aliphatic rings. The zero-order chi connectivity index (χ0) is 18.9. The molecule has 11 heteroatoms. The maximum atomic E-state index is 11.3. The summed E-state index contributed by atoms with van der Waals surface area (Å²) in [5, 5.41) is 25.7. The minimum absolute atomic E-state index is 0.0357. The lowest BCUT2D eigenvalue weighted by Gasteiger charge is -2.11. The van der Waals surface area contributed by atoms with E-state index >= 15 is 0 Å². The van der Waals surface area contributed by atoms with Crippen molar-refractivity contribution in [3.05, 3.63) is 34.4 Å². The number of nitrogens with two attached hydrogens (primary N) is 1. The number of ether oxygens (including phenoxy) is 2. The molecule has 0 bridgehead atoms. The Morgan fingerprint density at radius 3 is 2.62 bits per heavy atom. The summed E-state index contributed by atoms with van der Waals surface area (Å²) in [5.74, 6) is 0.473. The molecule has 0 saturated heterocycles. The molecule has 5 N–H and O–H groups in total. The van der Waals surface area contributed by atoms with Crippen molar-refractivity contribution in [2.24, 2.45) is 0 Å². The number of hydrogen-bond acceptors (Lipinski definition) is 10. The molecule has 0 spiro atoms. The maximum Gasteiger partial charge on any atom is 0.353 e. The van der Waals surface area contributed by atoms with Gasteiger partial charge in [0.25, 0.3) is 0 Å². The van der Waals surface area contributed by atoms with Gasteiger partial charge >= 0.3 is 5.69 Å². The monoisotopic (exact) mass is 364 g/mol. The van der Waals surface area contributed by atoms with Gasteiger partial charge in [0.1, 0.15) is 5.75 Å². The first-order valence-electron chi connectivity index (χ1n) is 7.70. The molecule has 140 valence electrons. The lowest BCUT2D eigenvalue weighted by molar-refractivity contribution is -0.383. The molecule has 0 aliphatic carbocycles. The summed E-state index contributed by atoms with van der Waals surface area (Å²) in [7, 11) is 1.54. The van der Waals surface area contributed by atoms with Crippen LogP contribution in [0.4, 0.5) is 29.0 Å². The average molecular weight is 364 g/mol. The van der Waals surface area contributed by atoms with Gasteiger partial charge in [-0.25, -0.2) is 0 Å². The molecule has 2 rings (SSSR count). The fraction of sp³-hybridized carbons (Fsp3) is 0.333. The Morgan fingerprint density at radius 1 is 1.27 bits per heavy atom. The lowest BCUT2D eigenvalue weighted by atomic mass is 10.3. The molecule has 1 aromatic carbocycles. The molecule has 0 saturated carbocycles. The summed E-state index contributed by atoms with van der Waals surface area (Å²) in [4.78, 5) is 18.7. The van der Waals surface area contributed by atoms with Crippen LogP contribution in [-0.2, 0) is 4.74 Å². The minimum atomic E-state index is -0.644. The Hall–Kier alpha value is -3.18. The van der Waals surface area contributed by atoms with Crippen molar-refractivity contribution >= 4 is 29.0 Å². The number of nitrogens with zero attached hydrogens (tertiary/aromatic N) is 3. The Balaban J connectivity index is 2.19. The summed E-state index contributed by atoms with van der Waals surface area (Å²) in [6.07, 6.45) is 0. The van der Waals surface area contributed by atoms with Crippen LogP contribution < -0.4 is 21.1 Å². The van der Waals surface area contributed by atoms with Gasteiger partial charge in [-0.2, -0.15) is 9.97 Å². The summed E-state index contributed by atoms with van der Waals surface area (Å²) in [6.45, 7) is 0.799. The fourth-order valence-electron chi connectivity index (χ4n) is 2.03. The van der Waals surface area contributed by atoms with Crippen molar-refractivity contribution in [2.75, 3.05) is 49.8 Å². The van der Waals surface area contributed by atoms with Crippen molar-refractivity contribution in [1.82, 2.24) is 9.97 Å². The second kappa shape index (κ2) is 9.34. The van der Waals surface area contributed by atoms with E-state index in [9.17, 15) is 10.1 Å². The lowest BCUT2D eigenvalue weighted by Crippen LogP contribution is -2.15. The molecule has 0 fully saturated rings. The third-order valence-electron chi connectivity index (χ3n) is 3.21. The van der Waals surface area contributed by atoms with E-state index in [0.29, 0.717) is 24.6 Å². The van der Waals surface area contributed by atoms with Gasteiger partial charge in [-0.15, -0.1) is 0 Å². The normalized spacial score (nSPS) is 10.4. The molecule has 26 heavy (non-hydrogen) atoms. The van der Waals surface area contributed by atoms with Crippen LogP contribution >= 0.6 is 0 Å². The van der Waals surface area contributed by atoms with Crippen LogP contribution in [0.15, 0.2) is 24.3 Å². The first-order valence-corrected chi connectivity index (χ1v) is 7.70. The van der Waals surface area contributed by atoms with Gasteiger partial charge in [-0.05, 0) is 24.3 Å². The molecule has 11 nitrogen and oxygen atoms in total. The summed E-state index contributed by atoms with van der Waals surface area (Å²) in [6, 6.07) is 6.79. The molecular weight excluding hydrogens is 344 g/mol. The SMILES string of the molecule is COc1ccc(Nc2nc(NCCOCCO)nc(N)c2[N+](=O)[O-])cc1. The van der Waals surface area contributed by atoms with E-state index < -0.39 is 10.6 Å². The second-order valence-electron chi connectivity index (χ2n) is 5.00. The van der Waals surface area contributed by atoms with Crippen LogP contribution in [-0.4, -0.2) is 53.5 Å². The Morgan fingerprint density at radius 2 is 2.00 bits per heavy atom. The number of methoxy groups -OCH3 is 1. The number of nitrogen functional groups attached to an aromatic ring is 1. The zero-order valence-electron chi connectivity index (χ0n) is 14.1. The summed E-state index contributed by atoms with van der Waals surface area (Å²) >= 11 is 0. The van der Waals surface area contributed by atoms with Crippen LogP contribution in [0.3, 0.4) is 0 Å². The highest BCUT2D eigenvalue weighted by atomic mass is 16.6. The van der Waals surface area contributed by atoms with E-state index in [-0.39, 0.29) is 30.8 Å². The molecule has 1 heterocycles. The van der Waals surface area contributed by atoms with Gasteiger partial charge in [-0.1, -0.05) is 0 Å². The van der Waals surface area contributed by atoms with Crippen LogP contribution in [0.2, 0.25) is 0 Å². The van der Waals surface area contributed by atoms with Crippen LogP contribution in [0.25, 0.3) is 0 Å². The van der Waals surface area contributed by atoms with E-state index in [1.807, 2.05) is 0 Å². The Kier molecular flexibility index (Phi) is 6.88. The molecule has 1 aromatic heterocycles. The molecule has 2 aromatic rings. The third-order valence-corrected chi connectivity index (χ3v) is 3.21. The number of benzene rings is 1. The molecular formula is C15H20N6O5. The minimum Gasteiger partial charge on any atom is -0.497 e.